The fourth-order valence-corrected chi connectivity index (χ4v) is 2.07. The van der Waals surface area contributed by atoms with E-state index in [-0.39, 0.29) is 18.1 Å². The second-order valence-corrected chi connectivity index (χ2v) is 5.85. The molecule has 0 spiro atoms. The van der Waals surface area contributed by atoms with Gasteiger partial charge in [0.05, 0.1) is 6.61 Å². The highest BCUT2D eigenvalue weighted by Crippen LogP contribution is 2.24. The molecule has 1 amide bonds. The van der Waals surface area contributed by atoms with E-state index in [0.717, 1.165) is 12.8 Å². The molecule has 1 heterocycles. The molecule has 0 aliphatic carbocycles. The van der Waals surface area contributed by atoms with Crippen molar-refractivity contribution in [2.75, 3.05) is 13.2 Å². The van der Waals surface area contributed by atoms with Gasteiger partial charge in [0.15, 0.2) is 0 Å². The van der Waals surface area contributed by atoms with Crippen LogP contribution in [0.4, 0.5) is 4.79 Å². The van der Waals surface area contributed by atoms with E-state index in [1.54, 1.807) is 4.90 Å². The van der Waals surface area contributed by atoms with Gasteiger partial charge in [-0.25, -0.2) is 4.79 Å². The Hall–Kier alpha value is -1.26. The lowest BCUT2D eigenvalue weighted by atomic mass is 9.94. The molecule has 104 valence electrons. The fourth-order valence-electron chi connectivity index (χ4n) is 2.07. The quantitative estimate of drug-likeness (QED) is 0.727. The second kappa shape index (κ2) is 6.07. The Morgan fingerprint density at radius 2 is 2.06 bits per heavy atom. The summed E-state index contributed by atoms with van der Waals surface area (Å²) in [6, 6.07) is 0.173. The number of rotatable bonds is 3. The minimum Gasteiger partial charge on any atom is -0.468 e. The molecule has 1 fully saturated rings. The Balaban J connectivity index is 2.56. The predicted molar refractivity (Wildman–Crippen MR) is 67.1 cm³/mol. The third-order valence-corrected chi connectivity index (χ3v) is 3.01. The van der Waals surface area contributed by atoms with E-state index in [0.29, 0.717) is 19.6 Å². The molecule has 0 N–H and O–H groups in total. The predicted octanol–water partition coefficient (Wildman–Crippen LogP) is 2.20. The molecular weight excluding hydrogens is 234 g/mol. The smallest absolute Gasteiger partial charge is 0.410 e. The topological polar surface area (TPSA) is 55.8 Å². The minimum atomic E-state index is -0.483. The number of likely N-dealkylation sites (tertiary alicyclic amines) is 1. The van der Waals surface area contributed by atoms with Crippen molar-refractivity contribution in [3.8, 4) is 0 Å². The van der Waals surface area contributed by atoms with Crippen LogP contribution in [0.3, 0.4) is 0 Å². The Bertz CT molecular complexity index is 298. The van der Waals surface area contributed by atoms with Crippen molar-refractivity contribution in [3.63, 3.8) is 0 Å². The first kappa shape index (κ1) is 14.8. The summed E-state index contributed by atoms with van der Waals surface area (Å²) in [6.45, 7) is 8.99. The van der Waals surface area contributed by atoms with Crippen molar-refractivity contribution in [1.82, 2.24) is 4.90 Å². The molecule has 1 aliphatic rings. The molecule has 1 saturated heterocycles. The minimum absolute atomic E-state index is 0.173. The number of nitrogens with zero attached hydrogens (tertiary/aromatic N) is 1. The van der Waals surface area contributed by atoms with E-state index in [1.165, 1.54) is 0 Å². The normalized spacial score (nSPS) is 24.6. The average molecular weight is 257 g/mol. The van der Waals surface area contributed by atoms with Crippen LogP contribution >= 0.6 is 0 Å². The molecule has 0 radical (unpaired) electrons. The highest BCUT2D eigenvalue weighted by atomic mass is 16.6. The molecule has 2 atom stereocenters. The van der Waals surface area contributed by atoms with Crippen molar-refractivity contribution >= 4 is 12.6 Å². The van der Waals surface area contributed by atoms with Gasteiger partial charge in [-0.05, 0) is 40.5 Å². The van der Waals surface area contributed by atoms with Crippen LogP contribution in [0.5, 0.6) is 0 Å². The van der Waals surface area contributed by atoms with E-state index in [9.17, 15) is 9.59 Å². The third kappa shape index (κ3) is 4.55. The molecule has 1 aliphatic heterocycles. The van der Waals surface area contributed by atoms with Gasteiger partial charge in [0.2, 0.25) is 0 Å². The van der Waals surface area contributed by atoms with Crippen molar-refractivity contribution in [2.45, 2.75) is 52.2 Å². The fraction of sp³-hybridized carbons (Fsp3) is 0.846. The van der Waals surface area contributed by atoms with Gasteiger partial charge in [0.25, 0.3) is 6.47 Å². The Kier molecular flexibility index (Phi) is 4.99. The zero-order valence-electron chi connectivity index (χ0n) is 11.6. The number of amides is 1. The maximum Gasteiger partial charge on any atom is 0.410 e. The van der Waals surface area contributed by atoms with Crippen LogP contribution in [-0.4, -0.2) is 42.3 Å². The lowest BCUT2D eigenvalue weighted by molar-refractivity contribution is -0.130. The number of carbonyl (C=O) groups is 2. The van der Waals surface area contributed by atoms with Crippen molar-refractivity contribution < 1.29 is 19.1 Å². The zero-order chi connectivity index (χ0) is 13.8. The standard InChI is InChI=1S/C13H23NO4/c1-10-5-6-11(8-17-9-15)7-14(10)12(16)18-13(2,3)4/h9-11H,5-8H2,1-4H3/t10-,11-/m1/s1. The van der Waals surface area contributed by atoms with Crippen LogP contribution in [0.2, 0.25) is 0 Å². The second-order valence-electron chi connectivity index (χ2n) is 5.85. The number of hydrogen-bond acceptors (Lipinski definition) is 4. The molecule has 18 heavy (non-hydrogen) atoms. The van der Waals surface area contributed by atoms with Gasteiger partial charge >= 0.3 is 6.09 Å². The van der Waals surface area contributed by atoms with E-state index >= 15 is 0 Å². The van der Waals surface area contributed by atoms with Gasteiger partial charge in [-0.2, -0.15) is 0 Å². The summed E-state index contributed by atoms with van der Waals surface area (Å²) in [5.74, 6) is 0.207. The van der Waals surface area contributed by atoms with Gasteiger partial charge < -0.3 is 14.4 Å². The summed E-state index contributed by atoms with van der Waals surface area (Å²) in [6.07, 6.45) is 1.59. The highest BCUT2D eigenvalue weighted by Gasteiger charge is 2.32. The first-order chi connectivity index (χ1) is 8.33. The summed E-state index contributed by atoms with van der Waals surface area (Å²) in [4.78, 5) is 24.0. The van der Waals surface area contributed by atoms with E-state index in [4.69, 9.17) is 9.47 Å². The maximum atomic E-state index is 12.0. The molecule has 5 heteroatoms. The Labute approximate surface area is 108 Å². The van der Waals surface area contributed by atoms with Crippen LogP contribution in [0.1, 0.15) is 40.5 Å². The number of piperidine rings is 1. The molecule has 0 unspecified atom stereocenters. The van der Waals surface area contributed by atoms with E-state index in [1.807, 2.05) is 27.7 Å². The molecule has 0 saturated carbocycles. The monoisotopic (exact) mass is 257 g/mol. The van der Waals surface area contributed by atoms with Gasteiger partial charge in [0.1, 0.15) is 5.60 Å². The first-order valence-corrected chi connectivity index (χ1v) is 6.38. The molecule has 0 aromatic rings. The van der Waals surface area contributed by atoms with Crippen LogP contribution < -0.4 is 0 Å². The van der Waals surface area contributed by atoms with Gasteiger partial charge in [0, 0.05) is 18.5 Å². The van der Waals surface area contributed by atoms with Gasteiger partial charge in [-0.1, -0.05) is 0 Å². The van der Waals surface area contributed by atoms with Crippen LogP contribution in [0.15, 0.2) is 0 Å². The Morgan fingerprint density at radius 1 is 1.39 bits per heavy atom. The average Bonchev–Trinajstić information content (AvgIpc) is 2.25. The third-order valence-electron chi connectivity index (χ3n) is 3.01. The van der Waals surface area contributed by atoms with Crippen LogP contribution in [0.25, 0.3) is 0 Å². The number of hydrogen-bond donors (Lipinski definition) is 0. The van der Waals surface area contributed by atoms with Crippen molar-refractivity contribution in [2.24, 2.45) is 5.92 Å². The number of ether oxygens (including phenoxy) is 2. The summed E-state index contributed by atoms with van der Waals surface area (Å²) >= 11 is 0. The molecule has 0 bridgehead atoms. The SMILES string of the molecule is C[C@@H]1CC[C@@H](COC=O)CN1C(=O)OC(C)(C)C. The summed E-state index contributed by atoms with van der Waals surface area (Å²) in [5.41, 5.74) is -0.483. The first-order valence-electron chi connectivity index (χ1n) is 6.38. The van der Waals surface area contributed by atoms with Gasteiger partial charge in [-0.15, -0.1) is 0 Å². The van der Waals surface area contributed by atoms with E-state index in [2.05, 4.69) is 0 Å². The summed E-state index contributed by atoms with van der Waals surface area (Å²) < 4.78 is 10.2. The lowest BCUT2D eigenvalue weighted by Gasteiger charge is -2.38. The largest absolute Gasteiger partial charge is 0.468 e. The molecular formula is C13H23NO4. The molecule has 5 nitrogen and oxygen atoms in total. The summed E-state index contributed by atoms with van der Waals surface area (Å²) in [5, 5.41) is 0. The molecule has 0 aromatic heterocycles. The highest BCUT2D eigenvalue weighted by molar-refractivity contribution is 5.68. The zero-order valence-corrected chi connectivity index (χ0v) is 11.6. The lowest BCUT2D eigenvalue weighted by Crippen LogP contribution is -2.48. The Morgan fingerprint density at radius 3 is 2.61 bits per heavy atom. The maximum absolute atomic E-state index is 12.0. The van der Waals surface area contributed by atoms with Gasteiger partial charge in [-0.3, -0.25) is 4.79 Å². The summed E-state index contributed by atoms with van der Waals surface area (Å²) in [7, 11) is 0. The molecule has 0 aromatic carbocycles. The van der Waals surface area contributed by atoms with Crippen molar-refractivity contribution in [3.05, 3.63) is 0 Å². The van der Waals surface area contributed by atoms with Crippen LogP contribution in [-0.2, 0) is 14.3 Å². The van der Waals surface area contributed by atoms with Crippen molar-refractivity contribution in [1.29, 1.82) is 0 Å². The molecule has 1 rings (SSSR count). The van der Waals surface area contributed by atoms with E-state index < -0.39 is 5.60 Å². The number of carbonyl (C=O) groups excluding carboxylic acids is 2. The van der Waals surface area contributed by atoms with Crippen LogP contribution in [0, 0.1) is 5.92 Å².